The van der Waals surface area contributed by atoms with Gasteiger partial charge in [-0.2, -0.15) is 0 Å². The highest BCUT2D eigenvalue weighted by Crippen LogP contribution is 2.55. The summed E-state index contributed by atoms with van der Waals surface area (Å²) in [5.74, 6) is -0.184. The quantitative estimate of drug-likeness (QED) is 0.773. The average molecular weight is 354 g/mol. The van der Waals surface area contributed by atoms with Gasteiger partial charge in [-0.3, -0.25) is 9.59 Å². The lowest BCUT2D eigenvalue weighted by atomic mass is 9.80. The van der Waals surface area contributed by atoms with Crippen LogP contribution in [0.3, 0.4) is 0 Å². The number of esters is 1. The number of carbonyl (C=O) groups excluding carboxylic acids is 2. The number of hydrogen-bond acceptors (Lipinski definition) is 4. The monoisotopic (exact) mass is 354 g/mol. The number of ketones is 1. The van der Waals surface area contributed by atoms with Gasteiger partial charge in [0.2, 0.25) is 0 Å². The van der Waals surface area contributed by atoms with Gasteiger partial charge in [0.15, 0.2) is 5.78 Å². The molecule has 1 aliphatic carbocycles. The van der Waals surface area contributed by atoms with Gasteiger partial charge in [-0.05, 0) is 50.3 Å². The number of carbonyl (C=O) groups is 2. The maximum atomic E-state index is 13.4. The van der Waals surface area contributed by atoms with Crippen LogP contribution in [0.25, 0.3) is 5.57 Å². The van der Waals surface area contributed by atoms with E-state index in [1.165, 1.54) is 5.56 Å². The van der Waals surface area contributed by atoms with E-state index in [9.17, 15) is 9.59 Å². The van der Waals surface area contributed by atoms with Crippen molar-refractivity contribution in [2.45, 2.75) is 59.7 Å². The molecular weight excluding hydrogens is 328 g/mol. The van der Waals surface area contributed by atoms with Crippen LogP contribution in [-0.2, 0) is 19.1 Å². The lowest BCUT2D eigenvalue weighted by Crippen LogP contribution is -2.30. The topological polar surface area (TPSA) is 52.6 Å². The van der Waals surface area contributed by atoms with Gasteiger partial charge in [-0.25, -0.2) is 0 Å². The molecule has 2 bridgehead atoms. The molecule has 138 valence electrons. The molecule has 0 radical (unpaired) electrons. The molecule has 2 heterocycles. The van der Waals surface area contributed by atoms with Crippen molar-refractivity contribution in [1.82, 2.24) is 0 Å². The van der Waals surface area contributed by atoms with Crippen LogP contribution in [0.1, 0.15) is 48.9 Å². The molecule has 2 fully saturated rings. The lowest BCUT2D eigenvalue weighted by Gasteiger charge is -2.22. The third kappa shape index (κ3) is 2.46. The number of ether oxygens (including phenoxy) is 2. The van der Waals surface area contributed by atoms with Crippen molar-refractivity contribution in [3.8, 4) is 0 Å². The number of Topliss-reactive ketones (excluding diaryl/α,β-unsaturated/α-hetero) is 1. The van der Waals surface area contributed by atoms with E-state index in [0.29, 0.717) is 11.3 Å². The van der Waals surface area contributed by atoms with Crippen molar-refractivity contribution in [3.63, 3.8) is 0 Å². The molecule has 4 nitrogen and oxygen atoms in total. The molecule has 1 aromatic rings. The highest BCUT2D eigenvalue weighted by Gasteiger charge is 2.60. The molecule has 2 aliphatic heterocycles. The summed E-state index contributed by atoms with van der Waals surface area (Å²) in [6, 6.07) is 4.17. The van der Waals surface area contributed by atoms with Gasteiger partial charge < -0.3 is 9.47 Å². The van der Waals surface area contributed by atoms with E-state index >= 15 is 0 Å². The Hall–Kier alpha value is -1.94. The van der Waals surface area contributed by atoms with Crippen LogP contribution in [0, 0.1) is 38.5 Å². The lowest BCUT2D eigenvalue weighted by molar-refractivity contribution is -0.144. The van der Waals surface area contributed by atoms with Crippen LogP contribution in [-0.4, -0.2) is 24.0 Å². The van der Waals surface area contributed by atoms with Crippen LogP contribution in [0.4, 0.5) is 0 Å². The molecule has 0 aromatic heterocycles. The number of benzene rings is 1. The summed E-state index contributed by atoms with van der Waals surface area (Å²) in [4.78, 5) is 25.8. The zero-order valence-corrected chi connectivity index (χ0v) is 16.1. The van der Waals surface area contributed by atoms with Crippen molar-refractivity contribution >= 4 is 17.3 Å². The zero-order chi connectivity index (χ0) is 18.7. The predicted octanol–water partition coefficient (Wildman–Crippen LogP) is 3.90. The molecule has 0 saturated carbocycles. The SMILES string of the molecule is Cc1cc(C)c(C2=C(OC(=O)C(C)C)[C@H]3[C@@H](C2=O)[C@@H]2CC[C@H]3O2)c(C)c1. The minimum Gasteiger partial charge on any atom is -0.430 e. The van der Waals surface area contributed by atoms with Crippen molar-refractivity contribution in [2.24, 2.45) is 17.8 Å². The van der Waals surface area contributed by atoms with Crippen LogP contribution in [0.5, 0.6) is 0 Å². The molecule has 0 spiro atoms. The van der Waals surface area contributed by atoms with Crippen LogP contribution in [0.2, 0.25) is 0 Å². The Morgan fingerprint density at radius 2 is 1.65 bits per heavy atom. The maximum absolute atomic E-state index is 13.4. The number of hydrogen-bond donors (Lipinski definition) is 0. The van der Waals surface area contributed by atoms with Crippen LogP contribution < -0.4 is 0 Å². The van der Waals surface area contributed by atoms with Gasteiger partial charge in [-0.1, -0.05) is 31.5 Å². The first-order chi connectivity index (χ1) is 12.3. The molecule has 2 saturated heterocycles. The summed E-state index contributed by atoms with van der Waals surface area (Å²) in [6.07, 6.45) is 1.81. The second-order valence-corrected chi connectivity index (χ2v) is 8.29. The molecule has 4 rings (SSSR count). The summed E-state index contributed by atoms with van der Waals surface area (Å²) in [5, 5.41) is 0. The third-order valence-corrected chi connectivity index (χ3v) is 5.98. The van der Waals surface area contributed by atoms with E-state index in [2.05, 4.69) is 19.1 Å². The summed E-state index contributed by atoms with van der Waals surface area (Å²) in [5.41, 5.74) is 4.82. The van der Waals surface area contributed by atoms with Crippen LogP contribution >= 0.6 is 0 Å². The second kappa shape index (κ2) is 6.05. The van der Waals surface area contributed by atoms with Gasteiger partial charge in [0.25, 0.3) is 0 Å². The zero-order valence-electron chi connectivity index (χ0n) is 16.1. The van der Waals surface area contributed by atoms with Gasteiger partial charge in [0.05, 0.1) is 35.5 Å². The predicted molar refractivity (Wildman–Crippen MR) is 98.4 cm³/mol. The van der Waals surface area contributed by atoms with E-state index < -0.39 is 0 Å². The minimum absolute atomic E-state index is 0.00697. The summed E-state index contributed by atoms with van der Waals surface area (Å²) in [7, 11) is 0. The van der Waals surface area contributed by atoms with E-state index in [4.69, 9.17) is 9.47 Å². The van der Waals surface area contributed by atoms with Gasteiger partial charge >= 0.3 is 5.97 Å². The maximum Gasteiger partial charge on any atom is 0.313 e. The first-order valence-electron chi connectivity index (χ1n) is 9.53. The third-order valence-electron chi connectivity index (χ3n) is 5.98. The smallest absolute Gasteiger partial charge is 0.313 e. The number of aryl methyl sites for hydroxylation is 3. The number of fused-ring (bicyclic) bond motifs is 5. The molecule has 1 aromatic carbocycles. The highest BCUT2D eigenvalue weighted by molar-refractivity contribution is 6.26. The summed E-state index contributed by atoms with van der Waals surface area (Å²) in [6.45, 7) is 9.73. The van der Waals surface area contributed by atoms with Crippen LogP contribution in [0.15, 0.2) is 17.9 Å². The number of rotatable bonds is 3. The molecule has 4 heteroatoms. The van der Waals surface area contributed by atoms with Gasteiger partial charge in [0, 0.05) is 0 Å². The van der Waals surface area contributed by atoms with Crippen molar-refractivity contribution in [2.75, 3.05) is 0 Å². The van der Waals surface area contributed by atoms with E-state index in [1.807, 2.05) is 27.7 Å². The fraction of sp³-hybridized carbons (Fsp3) is 0.545. The van der Waals surface area contributed by atoms with E-state index in [0.717, 1.165) is 29.5 Å². The normalized spacial score (nSPS) is 29.7. The largest absolute Gasteiger partial charge is 0.430 e. The standard InChI is InChI=1S/C22H26O4/c1-10(2)22(24)26-21-18-15-7-6-14(25-15)17(18)20(23)19(21)16-12(4)8-11(3)9-13(16)5/h8-10,14-15,17-18H,6-7H2,1-5H3/t14-,15+,17-,18+/m0/s1. The first kappa shape index (κ1) is 17.5. The first-order valence-corrected chi connectivity index (χ1v) is 9.53. The Bertz CT molecular complexity index is 810. The fourth-order valence-corrected chi connectivity index (χ4v) is 4.96. The van der Waals surface area contributed by atoms with E-state index in [-0.39, 0.29) is 41.7 Å². The Balaban J connectivity index is 1.88. The Morgan fingerprint density at radius 1 is 1.08 bits per heavy atom. The fourth-order valence-electron chi connectivity index (χ4n) is 4.96. The summed E-state index contributed by atoms with van der Waals surface area (Å²) >= 11 is 0. The molecule has 4 atom stereocenters. The van der Waals surface area contributed by atoms with Crippen molar-refractivity contribution in [1.29, 1.82) is 0 Å². The molecule has 0 amide bonds. The minimum atomic E-state index is -0.281. The number of allylic oxidation sites excluding steroid dienone is 1. The Labute approximate surface area is 154 Å². The van der Waals surface area contributed by atoms with Crippen molar-refractivity contribution in [3.05, 3.63) is 40.1 Å². The molecule has 0 unspecified atom stereocenters. The van der Waals surface area contributed by atoms with E-state index in [1.54, 1.807) is 0 Å². The van der Waals surface area contributed by atoms with Gasteiger partial charge in [0.1, 0.15) is 5.76 Å². The van der Waals surface area contributed by atoms with Crippen molar-refractivity contribution < 1.29 is 19.1 Å². The highest BCUT2D eigenvalue weighted by atomic mass is 16.5. The summed E-state index contributed by atoms with van der Waals surface area (Å²) < 4.78 is 11.9. The molecule has 26 heavy (non-hydrogen) atoms. The molecule has 0 N–H and O–H groups in total. The average Bonchev–Trinajstić information content (AvgIpc) is 3.22. The van der Waals surface area contributed by atoms with Gasteiger partial charge in [-0.15, -0.1) is 0 Å². The molecule has 3 aliphatic rings. The second-order valence-electron chi connectivity index (χ2n) is 8.29. The Morgan fingerprint density at radius 3 is 2.23 bits per heavy atom. The molecular formula is C22H26O4. The Kier molecular flexibility index (Phi) is 4.07.